The van der Waals surface area contributed by atoms with Crippen LogP contribution in [0.2, 0.25) is 0 Å². The largest absolute Gasteiger partial charge is 0.445 e. The highest BCUT2D eigenvalue weighted by atomic mass is 16.6. The third-order valence-corrected chi connectivity index (χ3v) is 9.30. The molecule has 0 bridgehead atoms. The van der Waals surface area contributed by atoms with Gasteiger partial charge in [-0.2, -0.15) is 0 Å². The molecule has 0 saturated heterocycles. The van der Waals surface area contributed by atoms with Crippen molar-refractivity contribution in [3.63, 3.8) is 0 Å². The molecule has 12 nitrogen and oxygen atoms in total. The number of nitrogens with one attached hydrogen (secondary N) is 4. The van der Waals surface area contributed by atoms with E-state index in [2.05, 4.69) is 21.3 Å². The molecule has 0 saturated carbocycles. The zero-order valence-electron chi connectivity index (χ0n) is 32.3. The second-order valence-electron chi connectivity index (χ2n) is 14.4. The van der Waals surface area contributed by atoms with Crippen LogP contribution in [0.15, 0.2) is 121 Å². The number of aliphatic hydroxyl groups excluding tert-OH is 2. The Morgan fingerprint density at radius 2 is 0.750 bits per heavy atom. The Hall–Kier alpha value is -5.72. The van der Waals surface area contributed by atoms with E-state index in [0.29, 0.717) is 0 Å². The van der Waals surface area contributed by atoms with Crippen LogP contribution in [0.25, 0.3) is 0 Å². The Balaban J connectivity index is 1.53. The molecule has 6 atom stereocenters. The SMILES string of the molecule is CC(C)[C@H](NC(=O)OCc1ccccc1)C(=O)N[C@@H](Cc1ccccc1)[C@H](O)[C@H](O)[C@H](Cc1ccccc1)NC(=O)[C@H](NC(=O)OCc1ccccc1)C(C)C. The smallest absolute Gasteiger partial charge is 0.408 e. The molecule has 0 aliphatic rings. The van der Waals surface area contributed by atoms with Crippen LogP contribution in [0.1, 0.15) is 49.9 Å². The van der Waals surface area contributed by atoms with Crippen LogP contribution < -0.4 is 21.3 Å². The van der Waals surface area contributed by atoms with Gasteiger partial charge in [0.2, 0.25) is 11.8 Å². The maximum Gasteiger partial charge on any atom is 0.408 e. The van der Waals surface area contributed by atoms with Crippen molar-refractivity contribution in [2.24, 2.45) is 11.8 Å². The minimum absolute atomic E-state index is 0.0111. The van der Waals surface area contributed by atoms with E-state index >= 15 is 0 Å². The molecule has 298 valence electrons. The first-order valence-electron chi connectivity index (χ1n) is 18.9. The fraction of sp³-hybridized carbons (Fsp3) is 0.364. The summed E-state index contributed by atoms with van der Waals surface area (Å²) < 4.78 is 10.7. The number of amides is 4. The standard InChI is InChI=1S/C44H54N4O8/c1-29(2)37(47-43(53)55-27-33-21-13-7-14-22-33)41(51)45-35(25-31-17-9-5-10-18-31)39(49)40(50)36(26-32-19-11-6-12-20-32)46-42(52)38(30(3)4)48-44(54)56-28-34-23-15-8-16-24-34/h5-24,29-30,35-40,49-50H,25-28H2,1-4H3,(H,45,51)(H,46,52)(H,47,53)(H,48,54)/t35-,36-,37-,38+,39-,40+/m0/s1. The fourth-order valence-electron chi connectivity index (χ4n) is 6.12. The summed E-state index contributed by atoms with van der Waals surface area (Å²) >= 11 is 0. The van der Waals surface area contributed by atoms with Crippen LogP contribution in [0, 0.1) is 11.8 Å². The van der Waals surface area contributed by atoms with E-state index in [4.69, 9.17) is 9.47 Å². The Morgan fingerprint density at radius 3 is 1.04 bits per heavy atom. The van der Waals surface area contributed by atoms with E-state index in [1.165, 1.54) is 0 Å². The molecule has 0 aromatic heterocycles. The van der Waals surface area contributed by atoms with Gasteiger partial charge in [-0.05, 0) is 46.9 Å². The number of ether oxygens (including phenoxy) is 2. The zero-order valence-corrected chi connectivity index (χ0v) is 32.3. The molecule has 0 unspecified atom stereocenters. The molecule has 4 rings (SSSR count). The van der Waals surface area contributed by atoms with E-state index < -0.39 is 60.4 Å². The highest BCUT2D eigenvalue weighted by Crippen LogP contribution is 2.17. The zero-order chi connectivity index (χ0) is 40.5. The number of rotatable bonds is 19. The summed E-state index contributed by atoms with van der Waals surface area (Å²) in [6.07, 6.45) is -4.55. The highest BCUT2D eigenvalue weighted by Gasteiger charge is 2.37. The molecule has 4 aromatic rings. The average Bonchev–Trinajstić information content (AvgIpc) is 3.20. The van der Waals surface area contributed by atoms with Gasteiger partial charge in [-0.15, -0.1) is 0 Å². The summed E-state index contributed by atoms with van der Waals surface area (Å²) in [4.78, 5) is 53.4. The second-order valence-corrected chi connectivity index (χ2v) is 14.4. The van der Waals surface area contributed by atoms with Crippen molar-refractivity contribution in [2.45, 2.75) is 90.1 Å². The first kappa shape index (κ1) is 43.0. The van der Waals surface area contributed by atoms with Crippen molar-refractivity contribution in [2.75, 3.05) is 0 Å². The summed E-state index contributed by atoms with van der Waals surface area (Å²) in [6, 6.07) is 32.3. The predicted octanol–water partition coefficient (Wildman–Crippen LogP) is 5.07. The summed E-state index contributed by atoms with van der Waals surface area (Å²) in [5.74, 6) is -1.93. The number of aliphatic hydroxyl groups is 2. The lowest BCUT2D eigenvalue weighted by molar-refractivity contribution is -0.129. The van der Waals surface area contributed by atoms with Gasteiger partial charge in [-0.25, -0.2) is 9.59 Å². The average molecular weight is 767 g/mol. The van der Waals surface area contributed by atoms with Crippen molar-refractivity contribution < 1.29 is 38.9 Å². The van der Waals surface area contributed by atoms with Crippen LogP contribution in [-0.4, -0.2) is 70.6 Å². The normalized spacial score (nSPS) is 14.4. The maximum absolute atomic E-state index is 13.9. The van der Waals surface area contributed by atoms with Crippen molar-refractivity contribution in [1.82, 2.24) is 21.3 Å². The number of carbonyl (C=O) groups excluding carboxylic acids is 4. The van der Waals surface area contributed by atoms with Crippen LogP contribution >= 0.6 is 0 Å². The Labute approximate surface area is 329 Å². The topological polar surface area (TPSA) is 175 Å². The molecular formula is C44H54N4O8. The molecule has 6 N–H and O–H groups in total. The van der Waals surface area contributed by atoms with Gasteiger partial charge < -0.3 is 41.0 Å². The number of benzene rings is 4. The molecule has 0 heterocycles. The third-order valence-electron chi connectivity index (χ3n) is 9.30. The molecule has 0 radical (unpaired) electrons. The predicted molar refractivity (Wildman–Crippen MR) is 213 cm³/mol. The minimum atomic E-state index is -1.60. The van der Waals surface area contributed by atoms with E-state index in [-0.39, 0.29) is 37.9 Å². The first-order chi connectivity index (χ1) is 26.9. The van der Waals surface area contributed by atoms with Gasteiger partial charge >= 0.3 is 12.2 Å². The monoisotopic (exact) mass is 766 g/mol. The van der Waals surface area contributed by atoms with Crippen LogP contribution in [0.4, 0.5) is 9.59 Å². The van der Waals surface area contributed by atoms with E-state index in [9.17, 15) is 29.4 Å². The second kappa shape index (κ2) is 22.0. The lowest BCUT2D eigenvalue weighted by atomic mass is 9.90. The molecule has 12 heteroatoms. The van der Waals surface area contributed by atoms with Gasteiger partial charge in [-0.1, -0.05) is 149 Å². The fourth-order valence-corrected chi connectivity index (χ4v) is 6.12. The number of hydrogen-bond acceptors (Lipinski definition) is 8. The first-order valence-corrected chi connectivity index (χ1v) is 18.9. The van der Waals surface area contributed by atoms with Gasteiger partial charge in [0.05, 0.1) is 12.1 Å². The molecule has 0 aliphatic carbocycles. The molecule has 4 aromatic carbocycles. The molecule has 0 fully saturated rings. The highest BCUT2D eigenvalue weighted by molar-refractivity contribution is 5.87. The molecule has 56 heavy (non-hydrogen) atoms. The molecule has 0 spiro atoms. The van der Waals surface area contributed by atoms with Crippen LogP contribution in [0.3, 0.4) is 0 Å². The summed E-state index contributed by atoms with van der Waals surface area (Å²) in [5.41, 5.74) is 3.09. The summed E-state index contributed by atoms with van der Waals surface area (Å²) in [5, 5.41) is 34.9. The molecular weight excluding hydrogens is 713 g/mol. The molecule has 4 amide bonds. The quantitative estimate of drug-likeness (QED) is 0.0768. The van der Waals surface area contributed by atoms with Crippen molar-refractivity contribution >= 4 is 24.0 Å². The lowest BCUT2D eigenvalue weighted by Gasteiger charge is -2.35. The van der Waals surface area contributed by atoms with E-state index in [1.807, 2.05) is 121 Å². The van der Waals surface area contributed by atoms with Crippen molar-refractivity contribution in [3.8, 4) is 0 Å². The van der Waals surface area contributed by atoms with Gasteiger partial charge in [0, 0.05) is 0 Å². The number of hydrogen-bond donors (Lipinski definition) is 6. The Kier molecular flexibility index (Phi) is 16.9. The van der Waals surface area contributed by atoms with E-state index in [0.717, 1.165) is 22.3 Å². The van der Waals surface area contributed by atoms with Crippen LogP contribution in [-0.2, 0) is 45.1 Å². The van der Waals surface area contributed by atoms with Gasteiger partial charge in [0.1, 0.15) is 37.5 Å². The third kappa shape index (κ3) is 13.8. The van der Waals surface area contributed by atoms with Gasteiger partial charge in [0.15, 0.2) is 0 Å². The Morgan fingerprint density at radius 1 is 0.464 bits per heavy atom. The lowest BCUT2D eigenvalue weighted by Crippen LogP contribution is -2.61. The molecule has 0 aliphatic heterocycles. The minimum Gasteiger partial charge on any atom is -0.445 e. The van der Waals surface area contributed by atoms with Gasteiger partial charge in [0.25, 0.3) is 0 Å². The number of alkyl carbamates (subject to hydrolysis) is 2. The Bertz CT molecular complexity index is 1660. The van der Waals surface area contributed by atoms with E-state index in [1.54, 1.807) is 27.7 Å². The van der Waals surface area contributed by atoms with Crippen LogP contribution in [0.5, 0.6) is 0 Å². The van der Waals surface area contributed by atoms with Crippen molar-refractivity contribution in [3.05, 3.63) is 144 Å². The maximum atomic E-state index is 13.9. The summed E-state index contributed by atoms with van der Waals surface area (Å²) in [6.45, 7) is 7.08. The number of carbonyl (C=O) groups is 4. The van der Waals surface area contributed by atoms with Gasteiger partial charge in [-0.3, -0.25) is 9.59 Å². The summed E-state index contributed by atoms with van der Waals surface area (Å²) in [7, 11) is 0. The van der Waals surface area contributed by atoms with Crippen molar-refractivity contribution in [1.29, 1.82) is 0 Å².